The number of para-hydroxylation sites is 2. The summed E-state index contributed by atoms with van der Waals surface area (Å²) in [5.41, 5.74) is 3.19. The minimum absolute atomic E-state index is 0.0579. The van der Waals surface area contributed by atoms with Gasteiger partial charge >= 0.3 is 0 Å². The van der Waals surface area contributed by atoms with E-state index in [2.05, 4.69) is 47.2 Å². The molecule has 10 N–H and O–H groups in total. The van der Waals surface area contributed by atoms with Crippen LogP contribution in [0.4, 0.5) is 0 Å². The predicted octanol–water partition coefficient (Wildman–Crippen LogP) is 1.10. The maximum Gasteiger partial charge on any atom is 0.245 e. The maximum atomic E-state index is 14.9. The van der Waals surface area contributed by atoms with Crippen molar-refractivity contribution in [2.24, 2.45) is 0 Å². The van der Waals surface area contributed by atoms with Crippen molar-refractivity contribution in [3.05, 3.63) is 107 Å². The van der Waals surface area contributed by atoms with Gasteiger partial charge in [0.25, 0.3) is 0 Å². The average Bonchev–Trinajstić information content (AvgIpc) is 1.85. The molecule has 3 aliphatic heterocycles. The molecule has 3 unspecified atom stereocenters. The van der Waals surface area contributed by atoms with Gasteiger partial charge in [-0.15, -0.1) is 0 Å². The number of H-pyrrole nitrogens is 2. The highest BCUT2D eigenvalue weighted by Gasteiger charge is 2.41. The molecule has 3 fully saturated rings. The van der Waals surface area contributed by atoms with Crippen LogP contribution < -0.4 is 37.2 Å². The fraction of sp³-hybridized carbons (Fsp3) is 0.493. The third-order valence-corrected chi connectivity index (χ3v) is 18.2. The number of carbonyl (C=O) groups is 12. The fourth-order valence-electron chi connectivity index (χ4n) is 12.3. The van der Waals surface area contributed by atoms with Crippen LogP contribution in [-0.2, 0) is 76.8 Å². The Labute approximate surface area is 555 Å². The number of piperidine rings is 1. The number of hydrogen-bond donors (Lipinski definition) is 10. The summed E-state index contributed by atoms with van der Waals surface area (Å²) in [4.78, 5) is 185. The number of aromatic amines is 2. The highest BCUT2D eigenvalue weighted by atomic mass is 35.5. The molecular formula is C67H87ClN14O13. The molecular weight excluding hydrogens is 1240 g/mol. The number of halogens is 1. The second kappa shape index (κ2) is 33.1. The minimum Gasteiger partial charge on any atom is -0.394 e. The number of nitrogens with zero attached hydrogens (tertiary/aromatic N) is 5. The number of rotatable bonds is 11. The van der Waals surface area contributed by atoms with E-state index in [1.807, 2.05) is 31.2 Å². The van der Waals surface area contributed by atoms with Gasteiger partial charge in [0.1, 0.15) is 54.4 Å². The maximum absolute atomic E-state index is 14.9. The van der Waals surface area contributed by atoms with E-state index in [-0.39, 0.29) is 38.6 Å². The van der Waals surface area contributed by atoms with Gasteiger partial charge in [-0.1, -0.05) is 79.9 Å². The Bertz CT molecular complexity index is 3640. The lowest BCUT2D eigenvalue weighted by Gasteiger charge is -2.35. The van der Waals surface area contributed by atoms with E-state index in [0.29, 0.717) is 77.8 Å². The Hall–Kier alpha value is -9.37. The molecule has 28 heteroatoms. The van der Waals surface area contributed by atoms with Crippen LogP contribution in [0.3, 0.4) is 0 Å². The lowest BCUT2D eigenvalue weighted by Crippen LogP contribution is -2.60. The number of fused-ring (bicyclic) bond motifs is 3. The van der Waals surface area contributed by atoms with E-state index < -0.39 is 151 Å². The Morgan fingerprint density at radius 1 is 0.600 bits per heavy atom. The normalized spacial score (nSPS) is 24.7. The van der Waals surface area contributed by atoms with Gasteiger partial charge in [-0.05, 0) is 93.3 Å². The van der Waals surface area contributed by atoms with Crippen molar-refractivity contribution in [3.63, 3.8) is 0 Å². The van der Waals surface area contributed by atoms with E-state index in [9.17, 15) is 62.6 Å². The second-order valence-corrected chi connectivity index (χ2v) is 25.2. The molecule has 0 saturated carbocycles. The topological polar surface area (TPSA) is 357 Å². The first kappa shape index (κ1) is 71.5. The van der Waals surface area contributed by atoms with Crippen molar-refractivity contribution in [1.82, 2.24) is 71.7 Å². The summed E-state index contributed by atoms with van der Waals surface area (Å²) >= 11 is 6.37. The molecule has 3 aromatic carbocycles. The molecule has 8 rings (SSSR count). The van der Waals surface area contributed by atoms with Crippen LogP contribution in [0.2, 0.25) is 5.02 Å². The number of aliphatic hydroxyl groups is 1. The van der Waals surface area contributed by atoms with Crippen molar-refractivity contribution >= 4 is 104 Å². The predicted molar refractivity (Wildman–Crippen MR) is 352 cm³/mol. The number of nitrogens with one attached hydrogen (secondary N) is 9. The average molecular weight is 1330 g/mol. The lowest BCUT2D eigenvalue weighted by atomic mass is 10.0. The van der Waals surface area contributed by atoms with Crippen LogP contribution in [0, 0.1) is 0 Å². The minimum atomic E-state index is -1.69. The van der Waals surface area contributed by atoms with Crippen LogP contribution in [0.5, 0.6) is 0 Å². The first-order valence-electron chi connectivity index (χ1n) is 32.4. The highest BCUT2D eigenvalue weighted by Crippen LogP contribution is 2.24. The van der Waals surface area contributed by atoms with Crippen molar-refractivity contribution in [2.75, 3.05) is 60.5 Å². The van der Waals surface area contributed by atoms with Gasteiger partial charge in [-0.25, -0.2) is 0 Å². The highest BCUT2D eigenvalue weighted by molar-refractivity contribution is 6.30. The lowest BCUT2D eigenvalue weighted by molar-refractivity contribution is -0.150. The van der Waals surface area contributed by atoms with Gasteiger partial charge in [0.15, 0.2) is 0 Å². The third-order valence-electron chi connectivity index (χ3n) is 18.0. The molecule has 2 aromatic heterocycles. The van der Waals surface area contributed by atoms with E-state index in [4.69, 9.17) is 11.6 Å². The fourth-order valence-corrected chi connectivity index (χ4v) is 12.5. The smallest absolute Gasteiger partial charge is 0.245 e. The van der Waals surface area contributed by atoms with Gasteiger partial charge in [0.2, 0.25) is 70.9 Å². The summed E-state index contributed by atoms with van der Waals surface area (Å²) in [5, 5.41) is 31.1. The summed E-state index contributed by atoms with van der Waals surface area (Å²) in [6, 6.07) is 8.72. The molecule has 5 heterocycles. The van der Waals surface area contributed by atoms with Crippen molar-refractivity contribution in [2.45, 2.75) is 152 Å². The third kappa shape index (κ3) is 18.3. The SMILES string of the molecule is CCCCC1NC(=O)[C@H](Cc2c[nH]c3ccccc23)NC(=O)C(C)NC(=O)CC(C(=O)N2CCCCC2)NC(=O)[C@@H]2CCCN2C(=O)CN(C)C(=O)[C@H](Cc2cccc(Cl)c2)N(C)C(=O)[C@H](C)N(C)C(=O)CNC(=O)[C@H](CO)NC(=O)[C@H](Cc2c[nH]c3ccccc23)NC1=O. The molecule has 0 radical (unpaired) electrons. The molecule has 0 bridgehead atoms. The summed E-state index contributed by atoms with van der Waals surface area (Å²) in [5.74, 6) is -9.28. The first-order valence-corrected chi connectivity index (χ1v) is 32.7. The zero-order valence-corrected chi connectivity index (χ0v) is 55.2. The van der Waals surface area contributed by atoms with Gasteiger partial charge < -0.3 is 76.8 Å². The summed E-state index contributed by atoms with van der Waals surface area (Å²) in [7, 11) is 4.03. The standard InChI is InChI=1S/C67H87ClN14O13/c1-7-8-22-49-61(89)75-51(32-43-35-70-48-24-13-11-21-46(43)48)63(91)77-53(38-83)60(88)71-36-57(85)79(5)40(3)65(93)80(6)55(30-41-18-16-19-44(68)29-41)67(95)78(4)37-58(86)82-28-17-25-54(82)64(92)76-52(66(94)81-26-14-9-15-27-81)33-56(84)72-39(2)59(87)74-50(62(90)73-49)31-42-34-69-47-23-12-10-20-45(42)47/h10-13,16,18-21,23-24,29,34-35,39-40,49-55,69-70,83H,7-9,14-15,17,22,25-28,30-33,36-38H2,1-6H3,(H,71,88)(H,72,84)(H,73,90)(H,74,87)(H,75,89)(H,76,92)(H,77,91)/t39?,40-,49?,50-,51-,52?,53-,54-,55-/m0/s1. The molecule has 27 nitrogen and oxygen atoms in total. The largest absolute Gasteiger partial charge is 0.394 e. The van der Waals surface area contributed by atoms with Crippen molar-refractivity contribution in [3.8, 4) is 0 Å². The molecule has 0 aliphatic carbocycles. The number of likely N-dealkylation sites (N-methyl/N-ethyl adjacent to an activating group) is 3. The number of aromatic nitrogens is 2. The number of hydrogen-bond acceptors (Lipinski definition) is 13. The number of amides is 12. The number of benzene rings is 3. The number of carbonyl (C=O) groups excluding carboxylic acids is 12. The molecule has 5 aromatic rings. The van der Waals surface area contributed by atoms with Gasteiger partial charge in [-0.2, -0.15) is 0 Å². The van der Waals surface area contributed by atoms with Crippen LogP contribution in [0.1, 0.15) is 95.2 Å². The van der Waals surface area contributed by atoms with Gasteiger partial charge in [0.05, 0.1) is 26.1 Å². The Morgan fingerprint density at radius 3 is 1.80 bits per heavy atom. The molecule has 510 valence electrons. The first-order chi connectivity index (χ1) is 45.5. The van der Waals surface area contributed by atoms with E-state index in [1.54, 1.807) is 65.8 Å². The van der Waals surface area contributed by atoms with E-state index in [1.165, 1.54) is 39.9 Å². The van der Waals surface area contributed by atoms with Crippen LogP contribution in [-0.4, -0.2) is 225 Å². The Kier molecular flexibility index (Phi) is 24.9. The van der Waals surface area contributed by atoms with Crippen molar-refractivity contribution in [1.29, 1.82) is 0 Å². The summed E-state index contributed by atoms with van der Waals surface area (Å²) in [6.45, 7) is 3.24. The quantitative estimate of drug-likeness (QED) is 0.0887. The van der Waals surface area contributed by atoms with Gasteiger partial charge in [0, 0.05) is 99.3 Å². The number of likely N-dealkylation sites (tertiary alicyclic amines) is 1. The van der Waals surface area contributed by atoms with Gasteiger partial charge in [-0.3, -0.25) is 57.5 Å². The summed E-state index contributed by atoms with van der Waals surface area (Å²) in [6.07, 6.45) is 6.14. The van der Waals surface area contributed by atoms with Crippen LogP contribution >= 0.6 is 11.6 Å². The second-order valence-electron chi connectivity index (χ2n) is 24.8. The van der Waals surface area contributed by atoms with E-state index >= 15 is 0 Å². The Morgan fingerprint density at radius 2 is 1.19 bits per heavy atom. The number of aliphatic hydroxyl groups excluding tert-OH is 1. The molecule has 3 saturated heterocycles. The molecule has 95 heavy (non-hydrogen) atoms. The Balaban J connectivity index is 1.12. The molecule has 3 aliphatic rings. The molecule has 12 amide bonds. The number of unbranched alkanes of at least 4 members (excludes halogenated alkanes) is 1. The summed E-state index contributed by atoms with van der Waals surface area (Å²) < 4.78 is 0. The zero-order chi connectivity index (χ0) is 68.6. The van der Waals surface area contributed by atoms with Crippen LogP contribution in [0.15, 0.2) is 85.2 Å². The van der Waals surface area contributed by atoms with E-state index in [0.717, 1.165) is 32.0 Å². The van der Waals surface area contributed by atoms with Crippen molar-refractivity contribution < 1.29 is 62.6 Å². The molecule has 9 atom stereocenters. The van der Waals surface area contributed by atoms with Crippen LogP contribution in [0.25, 0.3) is 21.8 Å². The molecule has 0 spiro atoms. The zero-order valence-electron chi connectivity index (χ0n) is 54.5. The monoisotopic (exact) mass is 1330 g/mol.